The monoisotopic (exact) mass is 416 g/mol. The maximum atomic E-state index is 2.48. The lowest BCUT2D eigenvalue weighted by atomic mass is 10.1. The molecule has 0 heterocycles. The van der Waals surface area contributed by atoms with Gasteiger partial charge in [-0.05, 0) is 67.7 Å². The van der Waals surface area contributed by atoms with Crippen molar-refractivity contribution >= 4 is 18.4 Å². The Morgan fingerprint density at radius 1 is 0.516 bits per heavy atom. The van der Waals surface area contributed by atoms with Crippen LogP contribution in [0.4, 0.5) is 0 Å². The summed E-state index contributed by atoms with van der Waals surface area (Å²) in [5.41, 5.74) is 12.0. The van der Waals surface area contributed by atoms with Crippen LogP contribution in [0.3, 0.4) is 0 Å². The summed E-state index contributed by atoms with van der Waals surface area (Å²) in [7, 11) is -1.89. The highest BCUT2D eigenvalue weighted by Gasteiger charge is 2.40. The molecule has 0 atom stereocenters. The van der Waals surface area contributed by atoms with Crippen LogP contribution in [0.1, 0.15) is 36.1 Å². The molecule has 0 unspecified atom stereocenters. The predicted octanol–water partition coefficient (Wildman–Crippen LogP) is 6.43. The molecule has 31 heavy (non-hydrogen) atoms. The standard InChI is InChI=1S/C30H28Si/c1-3-31(4-2,29-17-9-15-25-23-13-7-5-11-21(23)19-27(25)29)30-18-10-16-26-24-14-8-6-12-22(24)20-28(26)30/h5-18H,3-4,19-20H2,1-2H3. The van der Waals surface area contributed by atoms with Crippen molar-refractivity contribution < 1.29 is 0 Å². The molecule has 0 aliphatic heterocycles. The van der Waals surface area contributed by atoms with Crippen molar-refractivity contribution in [3.63, 3.8) is 0 Å². The van der Waals surface area contributed by atoms with Gasteiger partial charge < -0.3 is 0 Å². The average molecular weight is 417 g/mol. The van der Waals surface area contributed by atoms with E-state index in [0.717, 1.165) is 12.8 Å². The quantitative estimate of drug-likeness (QED) is 0.290. The van der Waals surface area contributed by atoms with Gasteiger partial charge in [0.2, 0.25) is 0 Å². The second kappa shape index (κ2) is 7.07. The van der Waals surface area contributed by atoms with Crippen LogP contribution in [0.25, 0.3) is 22.3 Å². The van der Waals surface area contributed by atoms with E-state index in [1.54, 1.807) is 21.5 Å². The first-order valence-electron chi connectivity index (χ1n) is 11.7. The fraction of sp³-hybridized carbons (Fsp3) is 0.200. The smallest absolute Gasteiger partial charge is 0.0672 e. The van der Waals surface area contributed by atoms with Gasteiger partial charge >= 0.3 is 0 Å². The van der Waals surface area contributed by atoms with Crippen LogP contribution in [0.15, 0.2) is 84.9 Å². The van der Waals surface area contributed by atoms with Crippen LogP contribution in [0.2, 0.25) is 12.1 Å². The zero-order valence-corrected chi connectivity index (χ0v) is 19.4. The van der Waals surface area contributed by atoms with Crippen LogP contribution in [0, 0.1) is 0 Å². The number of hydrogen-bond acceptors (Lipinski definition) is 0. The van der Waals surface area contributed by atoms with Crippen LogP contribution in [-0.2, 0) is 12.8 Å². The van der Waals surface area contributed by atoms with Gasteiger partial charge in [-0.15, -0.1) is 0 Å². The first-order valence-corrected chi connectivity index (χ1v) is 14.1. The molecule has 0 saturated carbocycles. The molecule has 4 aromatic carbocycles. The minimum Gasteiger partial charge on any atom is -0.0672 e. The second-order valence-corrected chi connectivity index (χ2v) is 13.8. The van der Waals surface area contributed by atoms with Crippen molar-refractivity contribution in [1.29, 1.82) is 0 Å². The SMILES string of the molecule is CC[Si](CC)(c1cccc2c1Cc1ccccc1-2)c1cccc2c1Cc1ccccc1-2. The van der Waals surface area contributed by atoms with Gasteiger partial charge in [0.15, 0.2) is 0 Å². The van der Waals surface area contributed by atoms with Crippen LogP contribution < -0.4 is 10.4 Å². The Hall–Kier alpha value is -2.90. The third-order valence-corrected chi connectivity index (χ3v) is 13.4. The van der Waals surface area contributed by atoms with E-state index in [0.29, 0.717) is 0 Å². The minimum absolute atomic E-state index is 1.09. The van der Waals surface area contributed by atoms with Crippen molar-refractivity contribution in [3.05, 3.63) is 107 Å². The van der Waals surface area contributed by atoms with E-state index < -0.39 is 8.07 Å². The Morgan fingerprint density at radius 3 is 1.39 bits per heavy atom. The van der Waals surface area contributed by atoms with E-state index in [1.807, 2.05) is 0 Å². The van der Waals surface area contributed by atoms with Gasteiger partial charge in [0.05, 0.1) is 0 Å². The molecule has 0 spiro atoms. The fourth-order valence-electron chi connectivity index (χ4n) is 6.37. The summed E-state index contributed by atoms with van der Waals surface area (Å²) in [4.78, 5) is 0. The van der Waals surface area contributed by atoms with Crippen molar-refractivity contribution in [2.45, 2.75) is 38.8 Å². The average Bonchev–Trinajstić information content (AvgIpc) is 3.39. The maximum absolute atomic E-state index is 2.48. The lowest BCUT2D eigenvalue weighted by Gasteiger charge is -2.34. The third kappa shape index (κ3) is 2.60. The minimum atomic E-state index is -1.89. The van der Waals surface area contributed by atoms with Gasteiger partial charge in [-0.3, -0.25) is 0 Å². The number of rotatable bonds is 4. The van der Waals surface area contributed by atoms with Gasteiger partial charge in [-0.2, -0.15) is 0 Å². The summed E-state index contributed by atoms with van der Waals surface area (Å²) >= 11 is 0. The summed E-state index contributed by atoms with van der Waals surface area (Å²) in [6.45, 7) is 4.89. The van der Waals surface area contributed by atoms with Gasteiger partial charge in [0.1, 0.15) is 8.07 Å². The van der Waals surface area contributed by atoms with Gasteiger partial charge in [0.25, 0.3) is 0 Å². The second-order valence-electron chi connectivity index (χ2n) is 9.12. The highest BCUT2D eigenvalue weighted by atomic mass is 28.3. The molecule has 6 rings (SSSR count). The zero-order valence-electron chi connectivity index (χ0n) is 18.4. The predicted molar refractivity (Wildman–Crippen MR) is 135 cm³/mol. The first-order chi connectivity index (χ1) is 15.3. The highest BCUT2D eigenvalue weighted by Crippen LogP contribution is 2.39. The van der Waals surface area contributed by atoms with Crippen LogP contribution in [0.5, 0.6) is 0 Å². The van der Waals surface area contributed by atoms with Crippen LogP contribution >= 0.6 is 0 Å². The molecule has 2 aliphatic rings. The lowest BCUT2D eigenvalue weighted by molar-refractivity contribution is 1.23. The largest absolute Gasteiger partial charge is 0.118 e. The topological polar surface area (TPSA) is 0 Å². The molecule has 0 nitrogen and oxygen atoms in total. The van der Waals surface area contributed by atoms with Crippen LogP contribution in [-0.4, -0.2) is 8.07 Å². The van der Waals surface area contributed by atoms with E-state index in [4.69, 9.17) is 0 Å². The molecule has 152 valence electrons. The number of benzene rings is 4. The fourth-order valence-corrected chi connectivity index (χ4v) is 11.1. The normalized spacial score (nSPS) is 13.5. The summed E-state index contributed by atoms with van der Waals surface area (Å²) < 4.78 is 0. The Kier molecular flexibility index (Phi) is 4.29. The van der Waals surface area contributed by atoms with Crippen molar-refractivity contribution in [1.82, 2.24) is 0 Å². The van der Waals surface area contributed by atoms with Gasteiger partial charge in [-0.1, -0.05) is 111 Å². The summed E-state index contributed by atoms with van der Waals surface area (Å²) in [5, 5.41) is 3.35. The van der Waals surface area contributed by atoms with E-state index in [1.165, 1.54) is 45.5 Å². The van der Waals surface area contributed by atoms with Crippen molar-refractivity contribution in [2.75, 3.05) is 0 Å². The van der Waals surface area contributed by atoms with Gasteiger partial charge in [-0.25, -0.2) is 0 Å². The third-order valence-electron chi connectivity index (χ3n) is 7.94. The van der Waals surface area contributed by atoms with Crippen molar-refractivity contribution in [3.8, 4) is 22.3 Å². The Balaban J connectivity index is 1.58. The Labute approximate surface area is 186 Å². The van der Waals surface area contributed by atoms with E-state index in [2.05, 4.69) is 98.8 Å². The first kappa shape index (κ1) is 18.8. The molecule has 0 bridgehead atoms. The molecule has 0 aromatic heterocycles. The van der Waals surface area contributed by atoms with E-state index >= 15 is 0 Å². The Morgan fingerprint density at radius 2 is 0.935 bits per heavy atom. The molecule has 0 radical (unpaired) electrons. The summed E-state index contributed by atoms with van der Waals surface area (Å²) in [5.74, 6) is 0. The molecule has 4 aromatic rings. The molecule has 2 aliphatic carbocycles. The molecular formula is C30H28Si. The molecule has 0 amide bonds. The molecule has 0 N–H and O–H groups in total. The molecule has 1 heteroatoms. The molecule has 0 saturated heterocycles. The lowest BCUT2D eigenvalue weighted by Crippen LogP contribution is -2.59. The van der Waals surface area contributed by atoms with Crippen molar-refractivity contribution in [2.24, 2.45) is 0 Å². The summed E-state index contributed by atoms with van der Waals surface area (Å²) in [6.07, 6.45) is 2.18. The maximum Gasteiger partial charge on any atom is 0.118 e. The number of hydrogen-bond donors (Lipinski definition) is 0. The summed E-state index contributed by atoms with van der Waals surface area (Å²) in [6, 6.07) is 34.8. The molecular weight excluding hydrogens is 388 g/mol. The highest BCUT2D eigenvalue weighted by molar-refractivity contribution is 7.02. The molecule has 0 fully saturated rings. The number of fused-ring (bicyclic) bond motifs is 6. The Bertz CT molecular complexity index is 1210. The van der Waals surface area contributed by atoms with E-state index in [9.17, 15) is 0 Å². The van der Waals surface area contributed by atoms with E-state index in [-0.39, 0.29) is 0 Å². The van der Waals surface area contributed by atoms with Gasteiger partial charge in [0, 0.05) is 0 Å². The zero-order chi connectivity index (χ0) is 21.0.